The lowest BCUT2D eigenvalue weighted by Gasteiger charge is -2.22. The van der Waals surface area contributed by atoms with E-state index in [4.69, 9.17) is 23.2 Å². The van der Waals surface area contributed by atoms with Gasteiger partial charge >= 0.3 is 0 Å². The van der Waals surface area contributed by atoms with Crippen LogP contribution in [0.4, 0.5) is 5.69 Å². The van der Waals surface area contributed by atoms with E-state index in [0.29, 0.717) is 10.0 Å². The van der Waals surface area contributed by atoms with Gasteiger partial charge in [0.25, 0.3) is 0 Å². The van der Waals surface area contributed by atoms with Crippen LogP contribution in [0.15, 0.2) is 30.9 Å². The Balaban J connectivity index is 3.03. The first-order valence-electron chi connectivity index (χ1n) is 4.50. The number of benzene rings is 1. The molecule has 0 unspecified atom stereocenters. The van der Waals surface area contributed by atoms with Gasteiger partial charge in [-0.1, -0.05) is 35.3 Å². The first kappa shape index (κ1) is 11.4. The van der Waals surface area contributed by atoms with Crippen LogP contribution in [-0.2, 0) is 0 Å². The first-order valence-corrected chi connectivity index (χ1v) is 5.26. The molecule has 1 aromatic rings. The summed E-state index contributed by atoms with van der Waals surface area (Å²) in [7, 11) is 0. The lowest BCUT2D eigenvalue weighted by atomic mass is 10.3. The van der Waals surface area contributed by atoms with Crippen molar-refractivity contribution in [3.05, 3.63) is 40.9 Å². The summed E-state index contributed by atoms with van der Waals surface area (Å²) in [6.45, 7) is 7.43. The fraction of sp³-hybridized carbons (Fsp3) is 0.273. The second kappa shape index (κ2) is 5.28. The number of hydrogen-bond donors (Lipinski definition) is 0. The van der Waals surface area contributed by atoms with Crippen molar-refractivity contribution < 1.29 is 0 Å². The summed E-state index contributed by atoms with van der Waals surface area (Å²) in [6.07, 6.45) is 1.85. The highest BCUT2D eigenvalue weighted by Crippen LogP contribution is 2.32. The van der Waals surface area contributed by atoms with Crippen LogP contribution in [0.5, 0.6) is 0 Å². The van der Waals surface area contributed by atoms with Gasteiger partial charge in [-0.25, -0.2) is 0 Å². The van der Waals surface area contributed by atoms with Crippen molar-refractivity contribution in [1.29, 1.82) is 0 Å². The smallest absolute Gasteiger partial charge is 0.0825 e. The highest BCUT2D eigenvalue weighted by molar-refractivity contribution is 6.43. The number of halogens is 2. The average molecular weight is 230 g/mol. The lowest BCUT2D eigenvalue weighted by molar-refractivity contribution is 0.907. The van der Waals surface area contributed by atoms with Gasteiger partial charge in [-0.05, 0) is 19.1 Å². The molecule has 0 aromatic heterocycles. The number of anilines is 1. The predicted molar refractivity (Wildman–Crippen MR) is 64.5 cm³/mol. The molecule has 0 aliphatic heterocycles. The van der Waals surface area contributed by atoms with E-state index in [1.165, 1.54) is 0 Å². The third-order valence-corrected chi connectivity index (χ3v) is 2.81. The minimum atomic E-state index is 0.590. The van der Waals surface area contributed by atoms with Gasteiger partial charge in [-0.15, -0.1) is 6.58 Å². The Morgan fingerprint density at radius 3 is 2.71 bits per heavy atom. The fourth-order valence-corrected chi connectivity index (χ4v) is 1.71. The highest BCUT2D eigenvalue weighted by Gasteiger charge is 2.09. The molecule has 0 atom stereocenters. The van der Waals surface area contributed by atoms with Crippen molar-refractivity contribution in [3.8, 4) is 0 Å². The van der Waals surface area contributed by atoms with Crippen molar-refractivity contribution >= 4 is 28.9 Å². The standard InChI is InChI=1S/C11H13Cl2N/c1-3-8-14(4-2)10-7-5-6-9(12)11(10)13/h3,5-7H,1,4,8H2,2H3. The molecule has 14 heavy (non-hydrogen) atoms. The summed E-state index contributed by atoms with van der Waals surface area (Å²) in [5.74, 6) is 0. The molecule has 1 rings (SSSR count). The summed E-state index contributed by atoms with van der Waals surface area (Å²) < 4.78 is 0. The van der Waals surface area contributed by atoms with Crippen LogP contribution < -0.4 is 4.90 Å². The second-order valence-electron chi connectivity index (χ2n) is 2.90. The Labute approximate surface area is 94.9 Å². The van der Waals surface area contributed by atoms with E-state index in [9.17, 15) is 0 Å². The Bertz CT molecular complexity index is 323. The number of likely N-dealkylation sites (N-methyl/N-ethyl adjacent to an activating group) is 1. The van der Waals surface area contributed by atoms with E-state index < -0.39 is 0 Å². The maximum Gasteiger partial charge on any atom is 0.0825 e. The van der Waals surface area contributed by atoms with Gasteiger partial charge in [-0.2, -0.15) is 0 Å². The van der Waals surface area contributed by atoms with Crippen LogP contribution in [0.3, 0.4) is 0 Å². The molecule has 0 heterocycles. The minimum absolute atomic E-state index is 0.590. The number of rotatable bonds is 4. The monoisotopic (exact) mass is 229 g/mol. The summed E-state index contributed by atoms with van der Waals surface area (Å²) in [5.41, 5.74) is 0.960. The van der Waals surface area contributed by atoms with Crippen molar-refractivity contribution in [2.45, 2.75) is 6.92 Å². The van der Waals surface area contributed by atoms with E-state index in [-0.39, 0.29) is 0 Å². The predicted octanol–water partition coefficient (Wildman–Crippen LogP) is 4.01. The molecule has 0 bridgehead atoms. The molecule has 0 spiro atoms. The van der Waals surface area contributed by atoms with Crippen LogP contribution in [0, 0.1) is 0 Å². The Kier molecular flexibility index (Phi) is 4.30. The van der Waals surface area contributed by atoms with Gasteiger partial charge < -0.3 is 4.90 Å². The van der Waals surface area contributed by atoms with E-state index >= 15 is 0 Å². The molecule has 1 aromatic carbocycles. The largest absolute Gasteiger partial charge is 0.367 e. The second-order valence-corrected chi connectivity index (χ2v) is 3.69. The first-order chi connectivity index (χ1) is 6.70. The SMILES string of the molecule is C=CCN(CC)c1cccc(Cl)c1Cl. The van der Waals surface area contributed by atoms with Crippen LogP contribution >= 0.6 is 23.2 Å². The fourth-order valence-electron chi connectivity index (χ4n) is 1.29. The number of nitrogens with zero attached hydrogens (tertiary/aromatic N) is 1. The van der Waals surface area contributed by atoms with E-state index in [1.807, 2.05) is 18.2 Å². The third kappa shape index (κ3) is 2.43. The van der Waals surface area contributed by atoms with Crippen LogP contribution in [-0.4, -0.2) is 13.1 Å². The van der Waals surface area contributed by atoms with Crippen LogP contribution in [0.2, 0.25) is 10.0 Å². The van der Waals surface area contributed by atoms with Crippen LogP contribution in [0.25, 0.3) is 0 Å². The zero-order valence-corrected chi connectivity index (χ0v) is 9.65. The molecule has 0 N–H and O–H groups in total. The Morgan fingerprint density at radius 1 is 1.43 bits per heavy atom. The molecule has 0 saturated heterocycles. The van der Waals surface area contributed by atoms with E-state index in [1.54, 1.807) is 6.07 Å². The normalized spacial score (nSPS) is 9.93. The quantitative estimate of drug-likeness (QED) is 0.706. The van der Waals surface area contributed by atoms with E-state index in [2.05, 4.69) is 18.4 Å². The average Bonchev–Trinajstić information content (AvgIpc) is 2.19. The van der Waals surface area contributed by atoms with Crippen LogP contribution in [0.1, 0.15) is 6.92 Å². The Hall–Kier alpha value is -0.660. The summed E-state index contributed by atoms with van der Waals surface area (Å²) in [6, 6.07) is 5.64. The van der Waals surface area contributed by atoms with Gasteiger partial charge in [0.2, 0.25) is 0 Å². The molecule has 0 fully saturated rings. The molecule has 1 nitrogen and oxygen atoms in total. The summed E-state index contributed by atoms with van der Waals surface area (Å²) in [4.78, 5) is 2.11. The summed E-state index contributed by atoms with van der Waals surface area (Å²) >= 11 is 12.0. The van der Waals surface area contributed by atoms with Crippen molar-refractivity contribution in [2.75, 3.05) is 18.0 Å². The van der Waals surface area contributed by atoms with Crippen molar-refractivity contribution in [2.24, 2.45) is 0 Å². The number of hydrogen-bond acceptors (Lipinski definition) is 1. The lowest BCUT2D eigenvalue weighted by Crippen LogP contribution is -2.22. The third-order valence-electron chi connectivity index (χ3n) is 2.00. The molecule has 0 radical (unpaired) electrons. The minimum Gasteiger partial charge on any atom is -0.367 e. The van der Waals surface area contributed by atoms with Gasteiger partial charge in [0, 0.05) is 13.1 Å². The van der Waals surface area contributed by atoms with Crippen molar-refractivity contribution in [1.82, 2.24) is 0 Å². The maximum atomic E-state index is 6.09. The molecule has 3 heteroatoms. The van der Waals surface area contributed by atoms with Gasteiger partial charge in [-0.3, -0.25) is 0 Å². The molecule has 76 valence electrons. The zero-order chi connectivity index (χ0) is 10.6. The Morgan fingerprint density at radius 2 is 2.14 bits per heavy atom. The zero-order valence-electron chi connectivity index (χ0n) is 8.13. The molecular weight excluding hydrogens is 217 g/mol. The summed E-state index contributed by atoms with van der Waals surface area (Å²) in [5, 5.41) is 1.20. The van der Waals surface area contributed by atoms with Gasteiger partial charge in [0.05, 0.1) is 15.7 Å². The van der Waals surface area contributed by atoms with Gasteiger partial charge in [0.1, 0.15) is 0 Å². The molecule has 0 saturated carbocycles. The molecule has 0 amide bonds. The van der Waals surface area contributed by atoms with Gasteiger partial charge in [0.15, 0.2) is 0 Å². The molecule has 0 aliphatic carbocycles. The maximum absolute atomic E-state index is 6.09. The topological polar surface area (TPSA) is 3.24 Å². The van der Waals surface area contributed by atoms with Crippen molar-refractivity contribution in [3.63, 3.8) is 0 Å². The highest BCUT2D eigenvalue weighted by atomic mass is 35.5. The molecule has 0 aliphatic rings. The molecular formula is C11H13Cl2N. The van der Waals surface area contributed by atoms with E-state index in [0.717, 1.165) is 18.8 Å².